The molecular weight excluding hydrogens is 308 g/mol. The van der Waals surface area contributed by atoms with Crippen molar-refractivity contribution in [3.63, 3.8) is 0 Å². The van der Waals surface area contributed by atoms with Gasteiger partial charge in [-0.15, -0.1) is 16.4 Å². The van der Waals surface area contributed by atoms with Crippen LogP contribution < -0.4 is 0 Å². The van der Waals surface area contributed by atoms with Crippen molar-refractivity contribution in [1.29, 1.82) is 0 Å². The van der Waals surface area contributed by atoms with Crippen LogP contribution in [0.4, 0.5) is 0 Å². The number of rotatable bonds is 4. The van der Waals surface area contributed by atoms with Gasteiger partial charge in [-0.3, -0.25) is 0 Å². The maximum Gasteiger partial charge on any atom is 0.268 e. The Hall–Kier alpha value is -1.74. The molecule has 9 heteroatoms. The number of hydrogen-bond donors (Lipinski definition) is 0. The molecule has 0 aliphatic carbocycles. The van der Waals surface area contributed by atoms with Crippen molar-refractivity contribution in [3.05, 3.63) is 23.3 Å². The van der Waals surface area contributed by atoms with Crippen molar-refractivity contribution in [2.45, 2.75) is 37.2 Å². The molecule has 0 atom stereocenters. The lowest BCUT2D eigenvalue weighted by Gasteiger charge is -2.19. The van der Waals surface area contributed by atoms with Gasteiger partial charge in [0, 0.05) is 0 Å². The molecule has 0 aliphatic heterocycles. The first-order chi connectivity index (χ1) is 10.0. The van der Waals surface area contributed by atoms with Gasteiger partial charge in [-0.05, 0) is 42.6 Å². The third-order valence-electron chi connectivity index (χ3n) is 2.61. The first-order valence-corrected chi connectivity index (χ1v) is 8.19. The summed E-state index contributed by atoms with van der Waals surface area (Å²) in [5, 5.41) is 18.5. The van der Waals surface area contributed by atoms with Crippen molar-refractivity contribution in [2.75, 3.05) is 0 Å². The monoisotopic (exact) mass is 322 g/mol. The summed E-state index contributed by atoms with van der Waals surface area (Å²) >= 11 is 3.06. The fraction of sp³-hybridized carbons (Fsp3) is 0.417. The molecule has 110 valence electrons. The largest absolute Gasteiger partial charge is 0.333 e. The van der Waals surface area contributed by atoms with E-state index < -0.39 is 0 Å². The minimum absolute atomic E-state index is 0.161. The van der Waals surface area contributed by atoms with Gasteiger partial charge in [0.1, 0.15) is 0 Å². The van der Waals surface area contributed by atoms with Crippen molar-refractivity contribution in [1.82, 2.24) is 30.3 Å². The number of hydrogen-bond acceptors (Lipinski definition) is 8. The highest BCUT2D eigenvalue weighted by Gasteiger charge is 2.20. The minimum atomic E-state index is -0.161. The summed E-state index contributed by atoms with van der Waals surface area (Å²) in [4.78, 5) is 5.35. The van der Waals surface area contributed by atoms with Crippen LogP contribution in [0.2, 0.25) is 0 Å². The van der Waals surface area contributed by atoms with Gasteiger partial charge >= 0.3 is 0 Å². The van der Waals surface area contributed by atoms with Crippen LogP contribution in [0.3, 0.4) is 0 Å². The van der Waals surface area contributed by atoms with Crippen molar-refractivity contribution >= 4 is 23.1 Å². The minimum Gasteiger partial charge on any atom is -0.333 e. The van der Waals surface area contributed by atoms with Gasteiger partial charge in [0.15, 0.2) is 5.82 Å². The van der Waals surface area contributed by atoms with Gasteiger partial charge in [0.05, 0.1) is 16.2 Å². The molecule has 0 unspecified atom stereocenters. The molecule has 3 aromatic rings. The quantitative estimate of drug-likeness (QED) is 0.683. The molecule has 7 nitrogen and oxygen atoms in total. The van der Waals surface area contributed by atoms with E-state index in [1.807, 2.05) is 17.5 Å². The molecule has 0 saturated heterocycles. The molecule has 0 radical (unpaired) electrons. The Balaban J connectivity index is 1.70. The zero-order chi connectivity index (χ0) is 14.9. The molecule has 3 aromatic heterocycles. The van der Waals surface area contributed by atoms with E-state index in [1.165, 1.54) is 11.8 Å². The van der Waals surface area contributed by atoms with Gasteiger partial charge in [0.25, 0.3) is 5.89 Å². The van der Waals surface area contributed by atoms with E-state index >= 15 is 0 Å². The second-order valence-electron chi connectivity index (χ2n) is 5.33. The highest BCUT2D eigenvalue weighted by molar-refractivity contribution is 7.98. The number of tetrazole rings is 1. The van der Waals surface area contributed by atoms with Crippen LogP contribution in [0.5, 0.6) is 0 Å². The lowest BCUT2D eigenvalue weighted by molar-refractivity contribution is 0.321. The highest BCUT2D eigenvalue weighted by atomic mass is 32.2. The maximum atomic E-state index is 5.25. The van der Waals surface area contributed by atoms with E-state index in [2.05, 4.69) is 46.4 Å². The van der Waals surface area contributed by atoms with Crippen LogP contribution in [0.25, 0.3) is 10.8 Å². The van der Waals surface area contributed by atoms with Gasteiger partial charge in [-0.25, -0.2) is 4.68 Å². The van der Waals surface area contributed by atoms with Crippen LogP contribution in [0, 0.1) is 0 Å². The normalized spacial score (nSPS) is 12.0. The molecule has 0 fully saturated rings. The Bertz CT molecular complexity index is 712. The zero-order valence-corrected chi connectivity index (χ0v) is 13.5. The molecule has 0 aromatic carbocycles. The van der Waals surface area contributed by atoms with Crippen LogP contribution in [0.15, 0.2) is 27.2 Å². The Kier molecular flexibility index (Phi) is 3.77. The fourth-order valence-corrected chi connectivity index (χ4v) is 3.18. The molecular formula is C12H14N6OS2. The van der Waals surface area contributed by atoms with Crippen LogP contribution >= 0.6 is 23.1 Å². The second-order valence-corrected chi connectivity index (χ2v) is 7.22. The summed E-state index contributed by atoms with van der Waals surface area (Å²) < 4.78 is 7.04. The fourth-order valence-electron chi connectivity index (χ4n) is 1.63. The molecule has 0 spiro atoms. The average Bonchev–Trinajstić information content (AvgIpc) is 3.16. The number of nitrogens with zero attached hydrogens (tertiary/aromatic N) is 6. The van der Waals surface area contributed by atoms with Crippen LogP contribution in [-0.2, 0) is 11.3 Å². The summed E-state index contributed by atoms with van der Waals surface area (Å²) in [6, 6.07) is 3.91. The standard InChI is InChI=1S/C12H14N6OS2/c1-12(2,3)18-11(14-16-17-18)21-7-9-13-10(19-15-9)8-5-4-6-20-8/h4-6H,7H2,1-3H3. The Morgan fingerprint density at radius 1 is 1.38 bits per heavy atom. The predicted octanol–water partition coefficient (Wildman–Crippen LogP) is 2.83. The van der Waals surface area contributed by atoms with E-state index in [0.29, 0.717) is 17.5 Å². The van der Waals surface area contributed by atoms with Crippen molar-refractivity contribution in [3.8, 4) is 10.8 Å². The first kappa shape index (κ1) is 14.2. The topological polar surface area (TPSA) is 82.5 Å². The van der Waals surface area contributed by atoms with Crippen LogP contribution in [0.1, 0.15) is 26.6 Å². The Morgan fingerprint density at radius 3 is 2.95 bits per heavy atom. The van der Waals surface area contributed by atoms with Crippen molar-refractivity contribution in [2.24, 2.45) is 0 Å². The number of thiophene rings is 1. The molecule has 0 N–H and O–H groups in total. The number of thioether (sulfide) groups is 1. The lowest BCUT2D eigenvalue weighted by atomic mass is 10.1. The zero-order valence-electron chi connectivity index (χ0n) is 11.8. The molecule has 0 bridgehead atoms. The second kappa shape index (κ2) is 5.57. The van der Waals surface area contributed by atoms with Gasteiger partial charge in [0.2, 0.25) is 5.16 Å². The number of aromatic nitrogens is 6. The van der Waals surface area contributed by atoms with E-state index in [1.54, 1.807) is 16.0 Å². The van der Waals surface area contributed by atoms with E-state index in [-0.39, 0.29) is 5.54 Å². The van der Waals surface area contributed by atoms with Crippen molar-refractivity contribution < 1.29 is 4.52 Å². The third-order valence-corrected chi connectivity index (χ3v) is 4.38. The summed E-state index contributed by atoms with van der Waals surface area (Å²) in [6.07, 6.45) is 0. The maximum absolute atomic E-state index is 5.25. The van der Waals surface area contributed by atoms with Gasteiger partial charge < -0.3 is 4.52 Å². The average molecular weight is 322 g/mol. The summed E-state index contributed by atoms with van der Waals surface area (Å²) in [6.45, 7) is 6.16. The van der Waals surface area contributed by atoms with Gasteiger partial charge in [-0.1, -0.05) is 23.0 Å². The highest BCUT2D eigenvalue weighted by Crippen LogP contribution is 2.26. The SMILES string of the molecule is CC(C)(C)n1nnnc1SCc1noc(-c2cccs2)n1. The molecule has 3 heterocycles. The molecule has 0 aliphatic rings. The summed E-state index contributed by atoms with van der Waals surface area (Å²) in [5.74, 6) is 1.74. The smallest absolute Gasteiger partial charge is 0.268 e. The molecule has 3 rings (SSSR count). The van der Waals surface area contributed by atoms with E-state index in [0.717, 1.165) is 10.0 Å². The summed E-state index contributed by atoms with van der Waals surface area (Å²) in [7, 11) is 0. The predicted molar refractivity (Wildman–Crippen MR) is 80.0 cm³/mol. The first-order valence-electron chi connectivity index (χ1n) is 6.32. The Morgan fingerprint density at radius 2 is 2.24 bits per heavy atom. The molecule has 0 saturated carbocycles. The molecule has 0 amide bonds. The lowest BCUT2D eigenvalue weighted by Crippen LogP contribution is -2.24. The third kappa shape index (κ3) is 3.13. The Labute approximate surface area is 129 Å². The van der Waals surface area contributed by atoms with Crippen LogP contribution in [-0.4, -0.2) is 30.3 Å². The van der Waals surface area contributed by atoms with E-state index in [4.69, 9.17) is 4.52 Å². The van der Waals surface area contributed by atoms with E-state index in [9.17, 15) is 0 Å². The molecule has 21 heavy (non-hydrogen) atoms. The van der Waals surface area contributed by atoms with Gasteiger partial charge in [-0.2, -0.15) is 4.98 Å². The summed E-state index contributed by atoms with van der Waals surface area (Å²) in [5.41, 5.74) is -0.161.